The van der Waals surface area contributed by atoms with Crippen molar-refractivity contribution in [2.75, 3.05) is 13.2 Å². The highest BCUT2D eigenvalue weighted by atomic mass is 16.6. The second-order valence-corrected chi connectivity index (χ2v) is 6.87. The van der Waals surface area contributed by atoms with E-state index in [1.807, 2.05) is 10.9 Å². The summed E-state index contributed by atoms with van der Waals surface area (Å²) in [4.78, 5) is 0. The van der Waals surface area contributed by atoms with Crippen molar-refractivity contribution in [2.45, 2.75) is 68.8 Å². The Morgan fingerprint density at radius 1 is 1.24 bits per heavy atom. The molecule has 21 heavy (non-hydrogen) atoms. The highest BCUT2D eigenvalue weighted by molar-refractivity contribution is 5.08. The van der Waals surface area contributed by atoms with Gasteiger partial charge in [0.25, 0.3) is 0 Å². The minimum Gasteiger partial charge on any atom is -0.383 e. The largest absolute Gasteiger partial charge is 0.383 e. The van der Waals surface area contributed by atoms with E-state index in [1.54, 1.807) is 0 Å². The molecule has 2 aliphatic heterocycles. The summed E-state index contributed by atoms with van der Waals surface area (Å²) in [6.07, 6.45) is 9.14. The quantitative estimate of drug-likeness (QED) is 0.911. The molecule has 1 aromatic heterocycles. The van der Waals surface area contributed by atoms with Gasteiger partial charge in [0.1, 0.15) is 16.9 Å². The van der Waals surface area contributed by atoms with Crippen LogP contribution in [0.15, 0.2) is 6.20 Å². The number of rotatable bonds is 3. The van der Waals surface area contributed by atoms with Crippen molar-refractivity contribution in [3.8, 4) is 0 Å². The van der Waals surface area contributed by atoms with Gasteiger partial charge in [0.05, 0.1) is 32.1 Å². The van der Waals surface area contributed by atoms with E-state index in [0.29, 0.717) is 6.54 Å². The molecule has 1 aliphatic carbocycles. The fraction of sp³-hybridized carbons (Fsp3) is 0.867. The lowest BCUT2D eigenvalue weighted by atomic mass is 9.83. The summed E-state index contributed by atoms with van der Waals surface area (Å²) in [5.41, 5.74) is -0.0620. The third-order valence-electron chi connectivity index (χ3n) is 5.16. The molecule has 1 saturated carbocycles. The van der Waals surface area contributed by atoms with Crippen molar-refractivity contribution < 1.29 is 14.6 Å². The predicted octanol–water partition coefficient (Wildman–Crippen LogP) is 1.38. The fourth-order valence-electron chi connectivity index (χ4n) is 3.77. The number of aromatic nitrogens is 3. The number of ether oxygens (including phenoxy) is 2. The van der Waals surface area contributed by atoms with Gasteiger partial charge < -0.3 is 14.6 Å². The second-order valence-electron chi connectivity index (χ2n) is 6.87. The van der Waals surface area contributed by atoms with Gasteiger partial charge in [-0.15, -0.1) is 5.10 Å². The highest BCUT2D eigenvalue weighted by Crippen LogP contribution is 2.38. The van der Waals surface area contributed by atoms with E-state index in [2.05, 4.69) is 10.3 Å². The smallest absolute Gasteiger partial charge is 0.115 e. The maximum absolute atomic E-state index is 10.7. The van der Waals surface area contributed by atoms with Crippen molar-refractivity contribution >= 4 is 0 Å². The number of hydrogen-bond acceptors (Lipinski definition) is 5. The summed E-state index contributed by atoms with van der Waals surface area (Å²) < 4.78 is 13.2. The molecule has 0 bridgehead atoms. The third kappa shape index (κ3) is 2.49. The van der Waals surface area contributed by atoms with Crippen molar-refractivity contribution in [1.82, 2.24) is 15.0 Å². The molecule has 1 unspecified atom stereocenters. The zero-order valence-corrected chi connectivity index (χ0v) is 12.3. The normalized spacial score (nSPS) is 30.4. The van der Waals surface area contributed by atoms with Gasteiger partial charge in [0.2, 0.25) is 0 Å². The summed E-state index contributed by atoms with van der Waals surface area (Å²) in [6.45, 7) is 2.17. The summed E-state index contributed by atoms with van der Waals surface area (Å²) >= 11 is 0. The maximum atomic E-state index is 10.7. The maximum Gasteiger partial charge on any atom is 0.115 e. The third-order valence-corrected chi connectivity index (χ3v) is 5.16. The van der Waals surface area contributed by atoms with Crippen LogP contribution in [0.3, 0.4) is 0 Å². The predicted molar refractivity (Wildman–Crippen MR) is 74.7 cm³/mol. The Bertz CT molecular complexity index is 506. The summed E-state index contributed by atoms with van der Waals surface area (Å²) in [5, 5.41) is 19.1. The molecule has 3 fully saturated rings. The Morgan fingerprint density at radius 3 is 2.71 bits per heavy atom. The highest BCUT2D eigenvalue weighted by Gasteiger charge is 2.46. The van der Waals surface area contributed by atoms with Crippen LogP contribution in [0.25, 0.3) is 0 Å². The molecule has 1 N–H and O–H groups in total. The van der Waals surface area contributed by atoms with Gasteiger partial charge in [0, 0.05) is 0 Å². The van der Waals surface area contributed by atoms with Crippen molar-refractivity contribution in [2.24, 2.45) is 0 Å². The van der Waals surface area contributed by atoms with E-state index < -0.39 is 5.60 Å². The SMILES string of the molecule is OC1(c2cn(CC3CCC4(COC4)O3)nn2)CCCCC1. The Hall–Kier alpha value is -0.980. The van der Waals surface area contributed by atoms with Crippen LogP contribution in [0.5, 0.6) is 0 Å². The Balaban J connectivity index is 1.40. The standard InChI is InChI=1S/C15H23N3O3/c19-15(5-2-1-3-6-15)13-9-18(17-16-13)8-12-4-7-14(21-12)10-20-11-14/h9,12,19H,1-8,10-11H2. The van der Waals surface area contributed by atoms with Crippen LogP contribution in [0.4, 0.5) is 0 Å². The molecule has 2 saturated heterocycles. The van der Waals surface area contributed by atoms with Gasteiger partial charge in [-0.25, -0.2) is 4.68 Å². The lowest BCUT2D eigenvalue weighted by Gasteiger charge is -2.37. The minimum atomic E-state index is -0.768. The Labute approximate surface area is 124 Å². The molecule has 0 aromatic carbocycles. The molecule has 3 aliphatic rings. The van der Waals surface area contributed by atoms with Crippen LogP contribution in [0, 0.1) is 0 Å². The monoisotopic (exact) mass is 293 g/mol. The molecule has 116 valence electrons. The van der Waals surface area contributed by atoms with Gasteiger partial charge in [-0.1, -0.05) is 24.5 Å². The first-order valence-electron chi connectivity index (χ1n) is 8.06. The minimum absolute atomic E-state index is 0.0182. The molecule has 0 amide bonds. The van der Waals surface area contributed by atoms with Crippen molar-refractivity contribution in [1.29, 1.82) is 0 Å². The first-order chi connectivity index (χ1) is 10.2. The zero-order valence-electron chi connectivity index (χ0n) is 12.3. The van der Waals surface area contributed by atoms with Gasteiger partial charge in [-0.05, 0) is 25.7 Å². The molecule has 1 spiro atoms. The summed E-state index contributed by atoms with van der Waals surface area (Å²) in [6, 6.07) is 0. The van der Waals surface area contributed by atoms with Gasteiger partial charge in [0.15, 0.2) is 0 Å². The van der Waals surface area contributed by atoms with E-state index in [0.717, 1.165) is 57.4 Å². The molecule has 3 heterocycles. The number of aliphatic hydroxyl groups is 1. The number of hydrogen-bond donors (Lipinski definition) is 1. The Morgan fingerprint density at radius 2 is 2.05 bits per heavy atom. The average Bonchev–Trinajstić information content (AvgIpc) is 3.07. The van der Waals surface area contributed by atoms with Crippen LogP contribution >= 0.6 is 0 Å². The first kappa shape index (κ1) is 13.7. The van der Waals surface area contributed by atoms with Crippen LogP contribution in [0.2, 0.25) is 0 Å². The summed E-state index contributed by atoms with van der Waals surface area (Å²) in [5.74, 6) is 0. The molecule has 1 aromatic rings. The molecular weight excluding hydrogens is 270 g/mol. The van der Waals surface area contributed by atoms with Crippen LogP contribution in [-0.2, 0) is 21.6 Å². The summed E-state index contributed by atoms with van der Waals surface area (Å²) in [7, 11) is 0. The Kier molecular flexibility index (Phi) is 3.28. The molecule has 6 nitrogen and oxygen atoms in total. The van der Waals surface area contributed by atoms with Gasteiger partial charge >= 0.3 is 0 Å². The van der Waals surface area contributed by atoms with Gasteiger partial charge in [-0.2, -0.15) is 0 Å². The molecule has 6 heteroatoms. The van der Waals surface area contributed by atoms with Crippen molar-refractivity contribution in [3.63, 3.8) is 0 Å². The fourth-order valence-corrected chi connectivity index (χ4v) is 3.77. The van der Waals surface area contributed by atoms with Gasteiger partial charge in [-0.3, -0.25) is 0 Å². The van der Waals surface area contributed by atoms with E-state index >= 15 is 0 Å². The zero-order chi connectivity index (χ0) is 14.3. The lowest BCUT2D eigenvalue weighted by Crippen LogP contribution is -2.49. The van der Waals surface area contributed by atoms with E-state index in [1.165, 1.54) is 6.42 Å². The topological polar surface area (TPSA) is 69.4 Å². The van der Waals surface area contributed by atoms with Crippen LogP contribution < -0.4 is 0 Å². The van der Waals surface area contributed by atoms with E-state index in [9.17, 15) is 5.11 Å². The van der Waals surface area contributed by atoms with Crippen LogP contribution in [-0.4, -0.2) is 45.0 Å². The van der Waals surface area contributed by atoms with Crippen LogP contribution in [0.1, 0.15) is 50.6 Å². The number of nitrogens with zero attached hydrogens (tertiary/aromatic N) is 3. The second kappa shape index (κ2) is 5.04. The molecule has 1 atom stereocenters. The molecule has 0 radical (unpaired) electrons. The molecular formula is C15H23N3O3. The molecule has 4 rings (SSSR count). The van der Waals surface area contributed by atoms with Crippen molar-refractivity contribution in [3.05, 3.63) is 11.9 Å². The average molecular weight is 293 g/mol. The van der Waals surface area contributed by atoms with E-state index in [-0.39, 0.29) is 11.7 Å². The lowest BCUT2D eigenvalue weighted by molar-refractivity contribution is -0.201. The first-order valence-corrected chi connectivity index (χ1v) is 8.06. The van der Waals surface area contributed by atoms with E-state index in [4.69, 9.17) is 9.47 Å².